The molecule has 17 heavy (non-hydrogen) atoms. The van der Waals surface area contributed by atoms with E-state index >= 15 is 0 Å². The number of hydrogen-bond acceptors (Lipinski definition) is 2. The van der Waals surface area contributed by atoms with Gasteiger partial charge < -0.3 is 10.2 Å². The summed E-state index contributed by atoms with van der Waals surface area (Å²) in [5.41, 5.74) is 0.582. The summed E-state index contributed by atoms with van der Waals surface area (Å²) in [5.74, 6) is 0. The molecule has 2 saturated heterocycles. The van der Waals surface area contributed by atoms with E-state index < -0.39 is 0 Å². The third kappa shape index (κ3) is 3.45. The third-order valence-corrected chi connectivity index (χ3v) is 4.82. The molecule has 100 valence electrons. The molecular weight excluding hydrogens is 208 g/mol. The zero-order valence-corrected chi connectivity index (χ0v) is 11.8. The van der Waals surface area contributed by atoms with Crippen LogP contribution < -0.4 is 5.32 Å². The van der Waals surface area contributed by atoms with Crippen LogP contribution in [0.25, 0.3) is 0 Å². The lowest BCUT2D eigenvalue weighted by Crippen LogP contribution is -2.50. The van der Waals surface area contributed by atoms with Crippen LogP contribution >= 0.6 is 0 Å². The summed E-state index contributed by atoms with van der Waals surface area (Å²) in [4.78, 5) is 2.77. The minimum Gasteiger partial charge on any atom is -0.316 e. The predicted molar refractivity (Wildman–Crippen MR) is 74.3 cm³/mol. The number of nitrogens with one attached hydrogen (secondary N) is 1. The van der Waals surface area contributed by atoms with Crippen molar-refractivity contribution in [1.29, 1.82) is 0 Å². The lowest BCUT2D eigenvalue weighted by Gasteiger charge is -2.45. The van der Waals surface area contributed by atoms with E-state index in [0.29, 0.717) is 5.41 Å². The molecule has 2 atom stereocenters. The Morgan fingerprint density at radius 1 is 1.29 bits per heavy atom. The second-order valence-electron chi connectivity index (χ2n) is 6.35. The first-order chi connectivity index (χ1) is 8.26. The fourth-order valence-corrected chi connectivity index (χ4v) is 3.81. The van der Waals surface area contributed by atoms with Gasteiger partial charge in [0.2, 0.25) is 0 Å². The van der Waals surface area contributed by atoms with Crippen LogP contribution in [0.2, 0.25) is 0 Å². The van der Waals surface area contributed by atoms with Gasteiger partial charge >= 0.3 is 0 Å². The van der Waals surface area contributed by atoms with Crippen LogP contribution in [0.4, 0.5) is 0 Å². The van der Waals surface area contributed by atoms with E-state index in [1.165, 1.54) is 71.1 Å². The highest BCUT2D eigenvalue weighted by atomic mass is 15.2. The van der Waals surface area contributed by atoms with E-state index in [1.807, 2.05) is 0 Å². The molecular formula is C15H30N2. The van der Waals surface area contributed by atoms with Crippen molar-refractivity contribution in [2.24, 2.45) is 5.41 Å². The van der Waals surface area contributed by atoms with Crippen LogP contribution in [0.3, 0.4) is 0 Å². The molecule has 0 aliphatic carbocycles. The van der Waals surface area contributed by atoms with Crippen LogP contribution in [0.5, 0.6) is 0 Å². The topological polar surface area (TPSA) is 15.3 Å². The van der Waals surface area contributed by atoms with Gasteiger partial charge in [0.05, 0.1) is 0 Å². The van der Waals surface area contributed by atoms with Crippen LogP contribution in [0, 0.1) is 5.41 Å². The first kappa shape index (κ1) is 13.4. The Morgan fingerprint density at radius 2 is 2.18 bits per heavy atom. The normalized spacial score (nSPS) is 36.0. The van der Waals surface area contributed by atoms with Crippen LogP contribution in [-0.4, -0.2) is 37.1 Å². The van der Waals surface area contributed by atoms with E-state index in [-0.39, 0.29) is 0 Å². The molecule has 0 aromatic carbocycles. The highest BCUT2D eigenvalue weighted by Crippen LogP contribution is 2.34. The summed E-state index contributed by atoms with van der Waals surface area (Å²) < 4.78 is 0. The molecule has 2 aliphatic heterocycles. The maximum atomic E-state index is 3.64. The van der Waals surface area contributed by atoms with Crippen molar-refractivity contribution in [3.8, 4) is 0 Å². The number of nitrogens with zero attached hydrogens (tertiary/aromatic N) is 1. The molecule has 0 amide bonds. The fourth-order valence-electron chi connectivity index (χ4n) is 3.81. The lowest BCUT2D eigenvalue weighted by molar-refractivity contribution is 0.0633. The smallest absolute Gasteiger partial charge is 0.00671 e. The molecule has 2 unspecified atom stereocenters. The van der Waals surface area contributed by atoms with Gasteiger partial charge in [-0.05, 0) is 57.5 Å². The summed E-state index contributed by atoms with van der Waals surface area (Å²) in [5, 5.41) is 3.64. The van der Waals surface area contributed by atoms with E-state index in [0.717, 1.165) is 6.04 Å². The highest BCUT2D eigenvalue weighted by molar-refractivity contribution is 4.90. The zero-order chi connectivity index (χ0) is 12.1. The quantitative estimate of drug-likeness (QED) is 0.810. The third-order valence-electron chi connectivity index (χ3n) is 4.82. The van der Waals surface area contributed by atoms with Crippen molar-refractivity contribution in [2.75, 3.05) is 26.2 Å². The lowest BCUT2D eigenvalue weighted by atomic mass is 9.76. The standard InChI is InChI=1S/C15H30N2/c1-3-8-15(9-6-10-16-12-15)13-17-11-5-4-7-14(17)2/h14,16H,3-13H2,1-2H3. The molecule has 2 aliphatic rings. The fraction of sp³-hybridized carbons (Fsp3) is 1.00. The van der Waals surface area contributed by atoms with Crippen molar-refractivity contribution in [3.63, 3.8) is 0 Å². The van der Waals surface area contributed by atoms with Gasteiger partial charge in [-0.25, -0.2) is 0 Å². The molecule has 2 heteroatoms. The van der Waals surface area contributed by atoms with Gasteiger partial charge in [0, 0.05) is 19.1 Å². The molecule has 0 spiro atoms. The maximum absolute atomic E-state index is 3.64. The molecule has 2 nitrogen and oxygen atoms in total. The van der Waals surface area contributed by atoms with Crippen molar-refractivity contribution in [3.05, 3.63) is 0 Å². The second-order valence-corrected chi connectivity index (χ2v) is 6.35. The summed E-state index contributed by atoms with van der Waals surface area (Å²) in [6.45, 7) is 9.94. The number of piperidine rings is 2. The van der Waals surface area contributed by atoms with Gasteiger partial charge in [-0.3, -0.25) is 0 Å². The minimum absolute atomic E-state index is 0.582. The Morgan fingerprint density at radius 3 is 2.82 bits per heavy atom. The van der Waals surface area contributed by atoms with Crippen LogP contribution in [0.1, 0.15) is 58.8 Å². The molecule has 0 aromatic rings. The Balaban J connectivity index is 1.95. The van der Waals surface area contributed by atoms with E-state index in [2.05, 4.69) is 24.1 Å². The second kappa shape index (κ2) is 6.19. The summed E-state index contributed by atoms with van der Waals surface area (Å²) in [7, 11) is 0. The van der Waals surface area contributed by atoms with Crippen molar-refractivity contribution in [2.45, 2.75) is 64.8 Å². The molecule has 2 heterocycles. The van der Waals surface area contributed by atoms with E-state index in [4.69, 9.17) is 0 Å². The summed E-state index contributed by atoms with van der Waals surface area (Å²) in [6.07, 6.45) is 9.83. The van der Waals surface area contributed by atoms with Gasteiger partial charge in [-0.2, -0.15) is 0 Å². The molecule has 2 fully saturated rings. The Labute approximate surface area is 107 Å². The van der Waals surface area contributed by atoms with Crippen molar-refractivity contribution >= 4 is 0 Å². The summed E-state index contributed by atoms with van der Waals surface area (Å²) >= 11 is 0. The molecule has 0 bridgehead atoms. The van der Waals surface area contributed by atoms with Crippen molar-refractivity contribution in [1.82, 2.24) is 10.2 Å². The average molecular weight is 238 g/mol. The maximum Gasteiger partial charge on any atom is 0.00671 e. The van der Waals surface area contributed by atoms with Gasteiger partial charge in [0.15, 0.2) is 0 Å². The highest BCUT2D eigenvalue weighted by Gasteiger charge is 2.34. The molecule has 0 saturated carbocycles. The van der Waals surface area contributed by atoms with Gasteiger partial charge in [-0.1, -0.05) is 19.8 Å². The van der Waals surface area contributed by atoms with E-state index in [1.54, 1.807) is 0 Å². The molecule has 2 rings (SSSR count). The predicted octanol–water partition coefficient (Wildman–Crippen LogP) is 3.03. The number of hydrogen-bond donors (Lipinski definition) is 1. The largest absolute Gasteiger partial charge is 0.316 e. The number of rotatable bonds is 4. The van der Waals surface area contributed by atoms with E-state index in [9.17, 15) is 0 Å². The van der Waals surface area contributed by atoms with Gasteiger partial charge in [0.1, 0.15) is 0 Å². The van der Waals surface area contributed by atoms with Gasteiger partial charge in [-0.15, -0.1) is 0 Å². The first-order valence-corrected chi connectivity index (χ1v) is 7.70. The molecule has 0 radical (unpaired) electrons. The Hall–Kier alpha value is -0.0800. The average Bonchev–Trinajstić information content (AvgIpc) is 2.34. The van der Waals surface area contributed by atoms with Gasteiger partial charge in [0.25, 0.3) is 0 Å². The Kier molecular flexibility index (Phi) is 4.87. The monoisotopic (exact) mass is 238 g/mol. The number of likely N-dealkylation sites (tertiary alicyclic amines) is 1. The molecule has 0 aromatic heterocycles. The Bertz CT molecular complexity index is 215. The summed E-state index contributed by atoms with van der Waals surface area (Å²) in [6, 6.07) is 0.819. The minimum atomic E-state index is 0.582. The molecule has 1 N–H and O–H groups in total. The van der Waals surface area contributed by atoms with Crippen LogP contribution in [-0.2, 0) is 0 Å². The van der Waals surface area contributed by atoms with Crippen molar-refractivity contribution < 1.29 is 0 Å². The van der Waals surface area contributed by atoms with Crippen LogP contribution in [0.15, 0.2) is 0 Å². The zero-order valence-electron chi connectivity index (χ0n) is 11.8. The first-order valence-electron chi connectivity index (χ1n) is 7.70. The SMILES string of the molecule is CCCC1(CN2CCCCC2C)CCCNC1.